The second kappa shape index (κ2) is 8.06. The SMILES string of the molecule is CCCCN(CCCC)COC[C@@H]1C[C@@H]2C=C[C@H]1C2. The van der Waals surface area contributed by atoms with Crippen molar-refractivity contribution >= 4 is 0 Å². The topological polar surface area (TPSA) is 12.5 Å². The van der Waals surface area contributed by atoms with Crippen molar-refractivity contribution in [1.29, 1.82) is 0 Å². The Hall–Kier alpha value is -0.340. The molecule has 0 aliphatic heterocycles. The van der Waals surface area contributed by atoms with Crippen molar-refractivity contribution < 1.29 is 4.74 Å². The third kappa shape index (κ3) is 4.61. The van der Waals surface area contributed by atoms with Gasteiger partial charge in [0, 0.05) is 13.1 Å². The lowest BCUT2D eigenvalue weighted by Crippen LogP contribution is -2.30. The minimum Gasteiger partial charge on any atom is -0.366 e. The third-order valence-electron chi connectivity index (χ3n) is 4.68. The zero-order valence-electron chi connectivity index (χ0n) is 12.8. The van der Waals surface area contributed by atoms with Gasteiger partial charge in [-0.2, -0.15) is 0 Å². The number of hydrogen-bond donors (Lipinski definition) is 0. The number of fused-ring (bicyclic) bond motifs is 2. The molecule has 0 saturated heterocycles. The van der Waals surface area contributed by atoms with Crippen LogP contribution in [0, 0.1) is 17.8 Å². The predicted octanol–water partition coefficient (Wildman–Crippen LogP) is 4.07. The van der Waals surface area contributed by atoms with Crippen molar-refractivity contribution in [3.05, 3.63) is 12.2 Å². The Labute approximate surface area is 119 Å². The molecule has 0 heterocycles. The summed E-state index contributed by atoms with van der Waals surface area (Å²) < 4.78 is 6.02. The van der Waals surface area contributed by atoms with Crippen molar-refractivity contribution in [2.75, 3.05) is 26.4 Å². The minimum absolute atomic E-state index is 0.800. The summed E-state index contributed by atoms with van der Waals surface area (Å²) in [6.45, 7) is 8.75. The van der Waals surface area contributed by atoms with Crippen LogP contribution in [0.5, 0.6) is 0 Å². The molecule has 0 N–H and O–H groups in total. The van der Waals surface area contributed by atoms with Crippen LogP contribution in [0.3, 0.4) is 0 Å². The van der Waals surface area contributed by atoms with E-state index in [2.05, 4.69) is 30.9 Å². The molecule has 0 amide bonds. The second-order valence-corrected chi connectivity index (χ2v) is 6.37. The minimum atomic E-state index is 0.800. The first-order chi connectivity index (χ1) is 9.33. The third-order valence-corrected chi connectivity index (χ3v) is 4.68. The predicted molar refractivity (Wildman–Crippen MR) is 81.1 cm³/mol. The Bertz CT molecular complexity index is 268. The first-order valence-electron chi connectivity index (χ1n) is 8.31. The first-order valence-corrected chi connectivity index (χ1v) is 8.31. The van der Waals surface area contributed by atoms with Gasteiger partial charge >= 0.3 is 0 Å². The molecule has 2 aliphatic carbocycles. The van der Waals surface area contributed by atoms with Gasteiger partial charge in [-0.1, -0.05) is 38.8 Å². The summed E-state index contributed by atoms with van der Waals surface area (Å²) in [5.41, 5.74) is 0. The molecule has 0 spiro atoms. The van der Waals surface area contributed by atoms with E-state index in [1.807, 2.05) is 0 Å². The van der Waals surface area contributed by atoms with Crippen molar-refractivity contribution in [1.82, 2.24) is 4.90 Å². The van der Waals surface area contributed by atoms with Gasteiger partial charge < -0.3 is 4.74 Å². The van der Waals surface area contributed by atoms with Crippen molar-refractivity contribution in [3.63, 3.8) is 0 Å². The fourth-order valence-electron chi connectivity index (χ4n) is 3.42. The number of ether oxygens (including phenoxy) is 1. The van der Waals surface area contributed by atoms with E-state index in [0.29, 0.717) is 0 Å². The van der Waals surface area contributed by atoms with Crippen molar-refractivity contribution in [2.24, 2.45) is 17.8 Å². The fraction of sp³-hybridized carbons (Fsp3) is 0.882. The molecule has 0 aromatic heterocycles. The van der Waals surface area contributed by atoms with Gasteiger partial charge in [-0.3, -0.25) is 4.90 Å². The normalized spacial score (nSPS) is 28.7. The summed E-state index contributed by atoms with van der Waals surface area (Å²) in [7, 11) is 0. The maximum Gasteiger partial charge on any atom is 0.0990 e. The Morgan fingerprint density at radius 1 is 1.05 bits per heavy atom. The summed E-state index contributed by atoms with van der Waals surface area (Å²) in [5, 5.41) is 0. The van der Waals surface area contributed by atoms with Gasteiger partial charge in [-0.05, 0) is 43.4 Å². The fourth-order valence-corrected chi connectivity index (χ4v) is 3.42. The van der Waals surface area contributed by atoms with Gasteiger partial charge in [0.15, 0.2) is 0 Å². The van der Waals surface area contributed by atoms with Gasteiger partial charge in [-0.25, -0.2) is 0 Å². The average Bonchev–Trinajstić information content (AvgIpc) is 3.03. The molecule has 0 aromatic carbocycles. The molecule has 2 rings (SSSR count). The molecule has 2 nitrogen and oxygen atoms in total. The average molecular weight is 265 g/mol. The molecule has 19 heavy (non-hydrogen) atoms. The molecule has 1 saturated carbocycles. The molecule has 2 bridgehead atoms. The van der Waals surface area contributed by atoms with Crippen LogP contribution in [0.25, 0.3) is 0 Å². The van der Waals surface area contributed by atoms with E-state index in [4.69, 9.17) is 4.74 Å². The Balaban J connectivity index is 1.62. The zero-order valence-corrected chi connectivity index (χ0v) is 12.8. The van der Waals surface area contributed by atoms with Crippen molar-refractivity contribution in [2.45, 2.75) is 52.4 Å². The largest absolute Gasteiger partial charge is 0.366 e. The summed E-state index contributed by atoms with van der Waals surface area (Å²) >= 11 is 0. The van der Waals surface area contributed by atoms with Gasteiger partial charge in [0.05, 0.1) is 13.3 Å². The van der Waals surface area contributed by atoms with E-state index in [9.17, 15) is 0 Å². The molecule has 0 aromatic rings. The van der Waals surface area contributed by atoms with Crippen molar-refractivity contribution in [3.8, 4) is 0 Å². The van der Waals surface area contributed by atoms with Crippen LogP contribution in [0.2, 0.25) is 0 Å². The highest BCUT2D eigenvalue weighted by molar-refractivity contribution is 5.09. The highest BCUT2D eigenvalue weighted by atomic mass is 16.5. The van der Waals surface area contributed by atoms with Crippen LogP contribution in [0.1, 0.15) is 52.4 Å². The lowest BCUT2D eigenvalue weighted by atomic mass is 9.95. The maximum absolute atomic E-state index is 6.02. The van der Waals surface area contributed by atoms with E-state index in [1.54, 1.807) is 0 Å². The molecule has 1 fully saturated rings. The van der Waals surface area contributed by atoms with E-state index in [1.165, 1.54) is 51.6 Å². The quantitative estimate of drug-likeness (QED) is 0.436. The standard InChI is InChI=1S/C17H31NO/c1-3-5-9-18(10-6-4-2)14-19-13-17-12-15-7-8-16(17)11-15/h7-8,15-17H,3-6,9-14H2,1-2H3/t15-,16+,17+/m1/s1. The summed E-state index contributed by atoms with van der Waals surface area (Å²) in [4.78, 5) is 2.50. The lowest BCUT2D eigenvalue weighted by molar-refractivity contribution is 0.00554. The van der Waals surface area contributed by atoms with Crippen LogP contribution in [0.4, 0.5) is 0 Å². The first kappa shape index (κ1) is 15.1. The molecular weight excluding hydrogens is 234 g/mol. The summed E-state index contributed by atoms with van der Waals surface area (Å²) in [6.07, 6.45) is 12.7. The smallest absolute Gasteiger partial charge is 0.0990 e. The lowest BCUT2D eigenvalue weighted by Gasteiger charge is -2.24. The van der Waals surface area contributed by atoms with Gasteiger partial charge in [-0.15, -0.1) is 0 Å². The second-order valence-electron chi connectivity index (χ2n) is 6.37. The molecule has 0 unspecified atom stereocenters. The van der Waals surface area contributed by atoms with Crippen LogP contribution >= 0.6 is 0 Å². The molecule has 0 radical (unpaired) electrons. The number of rotatable bonds is 10. The molecule has 2 aliphatic rings. The van der Waals surface area contributed by atoms with Crippen LogP contribution < -0.4 is 0 Å². The molecule has 110 valence electrons. The number of nitrogens with zero attached hydrogens (tertiary/aromatic N) is 1. The summed E-state index contributed by atoms with van der Waals surface area (Å²) in [5.74, 6) is 2.49. The highest BCUT2D eigenvalue weighted by Crippen LogP contribution is 2.43. The molecular formula is C17H31NO. The van der Waals surface area contributed by atoms with Gasteiger partial charge in [0.25, 0.3) is 0 Å². The Kier molecular flexibility index (Phi) is 6.39. The summed E-state index contributed by atoms with van der Waals surface area (Å²) in [6, 6.07) is 0. The number of unbranched alkanes of at least 4 members (excludes halogenated alkanes) is 2. The Morgan fingerprint density at radius 2 is 1.79 bits per heavy atom. The number of allylic oxidation sites excluding steroid dienone is 2. The molecule has 2 heteroatoms. The van der Waals surface area contributed by atoms with Gasteiger partial charge in [0.2, 0.25) is 0 Å². The zero-order chi connectivity index (χ0) is 13.5. The van der Waals surface area contributed by atoms with E-state index in [0.717, 1.165) is 31.1 Å². The van der Waals surface area contributed by atoms with E-state index in [-0.39, 0.29) is 0 Å². The number of hydrogen-bond acceptors (Lipinski definition) is 2. The Morgan fingerprint density at radius 3 is 2.32 bits per heavy atom. The van der Waals surface area contributed by atoms with Crippen LogP contribution in [-0.2, 0) is 4.74 Å². The monoisotopic (exact) mass is 265 g/mol. The van der Waals surface area contributed by atoms with E-state index < -0.39 is 0 Å². The molecule has 3 atom stereocenters. The highest BCUT2D eigenvalue weighted by Gasteiger charge is 2.35. The van der Waals surface area contributed by atoms with Crippen LogP contribution in [-0.4, -0.2) is 31.3 Å². The van der Waals surface area contributed by atoms with E-state index >= 15 is 0 Å². The maximum atomic E-state index is 6.02. The van der Waals surface area contributed by atoms with Crippen LogP contribution in [0.15, 0.2) is 12.2 Å². The van der Waals surface area contributed by atoms with Gasteiger partial charge in [0.1, 0.15) is 0 Å².